The monoisotopic (exact) mass is 366 g/mol. The van der Waals surface area contributed by atoms with E-state index in [1.165, 1.54) is 0 Å². The summed E-state index contributed by atoms with van der Waals surface area (Å²) in [5, 5.41) is 0. The van der Waals surface area contributed by atoms with Crippen molar-refractivity contribution in [2.24, 2.45) is 0 Å². The van der Waals surface area contributed by atoms with Crippen LogP contribution in [0.3, 0.4) is 0 Å². The van der Waals surface area contributed by atoms with Crippen LogP contribution < -0.4 is 0 Å². The van der Waals surface area contributed by atoms with Gasteiger partial charge in [-0.1, -0.05) is 12.8 Å². The van der Waals surface area contributed by atoms with Crippen LogP contribution in [0.4, 0.5) is 0 Å². The first-order chi connectivity index (χ1) is 9.47. The molecule has 0 radical (unpaired) electrons. The number of hydrogen-bond donors (Lipinski definition) is 2. The second-order valence-corrected chi connectivity index (χ2v) is 11.1. The lowest BCUT2D eigenvalue weighted by atomic mass is 10.2. The molecule has 8 nitrogen and oxygen atoms in total. The summed E-state index contributed by atoms with van der Waals surface area (Å²) in [5.41, 5.74) is 0. The molecule has 0 saturated heterocycles. The molecule has 0 aromatic heterocycles. The van der Waals surface area contributed by atoms with Gasteiger partial charge < -0.3 is 14.3 Å². The van der Waals surface area contributed by atoms with E-state index in [1.54, 1.807) is 6.92 Å². The lowest BCUT2D eigenvalue weighted by Gasteiger charge is -2.18. The summed E-state index contributed by atoms with van der Waals surface area (Å²) >= 11 is 0. The largest absolute Gasteiger partial charge is 0.335 e. The molecule has 0 amide bonds. The van der Waals surface area contributed by atoms with Gasteiger partial charge in [0.25, 0.3) is 10.1 Å². The zero-order chi connectivity index (χ0) is 16.6. The molecular formula is C10H24O8P2S. The summed E-state index contributed by atoms with van der Waals surface area (Å²) in [4.78, 5) is 17.8. The van der Waals surface area contributed by atoms with E-state index >= 15 is 0 Å². The van der Waals surface area contributed by atoms with Crippen LogP contribution in [0.25, 0.3) is 0 Å². The van der Waals surface area contributed by atoms with Crippen LogP contribution in [0.1, 0.15) is 32.6 Å². The van der Waals surface area contributed by atoms with Crippen molar-refractivity contribution < 1.29 is 36.0 Å². The molecule has 0 fully saturated rings. The van der Waals surface area contributed by atoms with E-state index in [0.29, 0.717) is 25.7 Å². The minimum atomic E-state index is -4.38. The van der Waals surface area contributed by atoms with Gasteiger partial charge in [0, 0.05) is 6.16 Å². The molecule has 0 aliphatic rings. The maximum Gasteiger partial charge on any atom is 0.335 e. The minimum Gasteiger partial charge on any atom is -0.328 e. The van der Waals surface area contributed by atoms with E-state index in [2.05, 4.69) is 4.18 Å². The molecule has 1 atom stereocenters. The van der Waals surface area contributed by atoms with Crippen molar-refractivity contribution in [2.45, 2.75) is 32.6 Å². The molecule has 0 spiro atoms. The molecule has 0 bridgehead atoms. The molecule has 0 aliphatic carbocycles. The van der Waals surface area contributed by atoms with Crippen molar-refractivity contribution in [1.29, 1.82) is 0 Å². The third-order valence-corrected chi connectivity index (χ3v) is 7.97. The number of hydrogen-bond acceptors (Lipinski definition) is 6. The summed E-state index contributed by atoms with van der Waals surface area (Å²) in [5.74, 6) is -0.731. The normalized spacial score (nSPS) is 15.8. The first-order valence-electron chi connectivity index (χ1n) is 6.59. The Bertz CT molecular complexity index is 483. The fourth-order valence-corrected chi connectivity index (χ4v) is 6.57. The third-order valence-electron chi connectivity index (χ3n) is 2.45. The smallest absolute Gasteiger partial charge is 0.328 e. The van der Waals surface area contributed by atoms with Gasteiger partial charge in [-0.05, 0) is 19.8 Å². The third kappa shape index (κ3) is 13.6. The SMILES string of the molecule is CCOP(=O)(CCCCCCOS(C)(=O)=O)CP(=O)(O)O. The fraction of sp³-hybridized carbons (Fsp3) is 1.00. The lowest BCUT2D eigenvalue weighted by molar-refractivity contribution is 0.310. The second-order valence-electron chi connectivity index (χ2n) is 4.70. The maximum absolute atomic E-state index is 12.2. The Morgan fingerprint density at radius 3 is 2.10 bits per heavy atom. The molecule has 1 unspecified atom stereocenters. The molecule has 0 aromatic rings. The van der Waals surface area contributed by atoms with Gasteiger partial charge in [-0.2, -0.15) is 8.42 Å². The zero-order valence-corrected chi connectivity index (χ0v) is 14.9. The van der Waals surface area contributed by atoms with Crippen LogP contribution in [0.15, 0.2) is 0 Å². The summed E-state index contributed by atoms with van der Waals surface area (Å²) < 4.78 is 54.2. The van der Waals surface area contributed by atoms with Crippen LogP contribution in [0, 0.1) is 0 Å². The van der Waals surface area contributed by atoms with E-state index in [1.807, 2.05) is 0 Å². The van der Waals surface area contributed by atoms with E-state index in [9.17, 15) is 17.5 Å². The Labute approximate surface area is 126 Å². The average Bonchev–Trinajstić information content (AvgIpc) is 2.23. The molecule has 0 heterocycles. The number of rotatable bonds is 12. The molecule has 11 heteroatoms. The van der Waals surface area contributed by atoms with Gasteiger partial charge in [-0.3, -0.25) is 13.3 Å². The van der Waals surface area contributed by atoms with Gasteiger partial charge in [-0.15, -0.1) is 0 Å². The molecular weight excluding hydrogens is 342 g/mol. The van der Waals surface area contributed by atoms with Gasteiger partial charge in [-0.25, -0.2) is 0 Å². The molecule has 0 rings (SSSR count). The summed E-state index contributed by atoms with van der Waals surface area (Å²) in [6.07, 6.45) is 3.47. The van der Waals surface area contributed by atoms with Gasteiger partial charge in [0.15, 0.2) is 0 Å². The van der Waals surface area contributed by atoms with Gasteiger partial charge in [0.2, 0.25) is 7.37 Å². The van der Waals surface area contributed by atoms with Gasteiger partial charge >= 0.3 is 7.60 Å². The van der Waals surface area contributed by atoms with E-state index in [0.717, 1.165) is 6.26 Å². The van der Waals surface area contributed by atoms with Crippen molar-refractivity contribution in [3.05, 3.63) is 0 Å². The van der Waals surface area contributed by atoms with Crippen molar-refractivity contribution in [3.63, 3.8) is 0 Å². The lowest BCUT2D eigenvalue weighted by Crippen LogP contribution is -2.04. The average molecular weight is 366 g/mol. The Hall–Kier alpha value is 0.250. The Morgan fingerprint density at radius 2 is 1.62 bits per heavy atom. The molecule has 0 aromatic carbocycles. The predicted molar refractivity (Wildman–Crippen MR) is 80.3 cm³/mol. The highest BCUT2D eigenvalue weighted by atomic mass is 32.2. The Kier molecular flexibility index (Phi) is 9.51. The molecule has 128 valence electrons. The van der Waals surface area contributed by atoms with Gasteiger partial charge in [0.05, 0.1) is 19.5 Å². The molecule has 21 heavy (non-hydrogen) atoms. The van der Waals surface area contributed by atoms with Crippen molar-refractivity contribution in [2.75, 3.05) is 31.5 Å². The van der Waals surface area contributed by atoms with E-state index in [-0.39, 0.29) is 19.4 Å². The van der Waals surface area contributed by atoms with E-state index < -0.39 is 31.0 Å². The molecule has 0 saturated carbocycles. The predicted octanol–water partition coefficient (Wildman–Crippen LogP) is 1.97. The van der Waals surface area contributed by atoms with Crippen LogP contribution in [0.2, 0.25) is 0 Å². The highest BCUT2D eigenvalue weighted by molar-refractivity contribution is 7.86. The standard InChI is InChI=1S/C10H24O8P2S/c1-3-17-19(11,10-20(12,13)14)9-7-5-4-6-8-18-21(2,15)16/h3-10H2,1-2H3,(H2,12,13,14). The molecule has 0 aliphatic heterocycles. The quantitative estimate of drug-likeness (QED) is 0.305. The topological polar surface area (TPSA) is 127 Å². The fourth-order valence-electron chi connectivity index (χ4n) is 1.71. The Morgan fingerprint density at radius 1 is 1.05 bits per heavy atom. The summed E-state index contributed by atoms with van der Waals surface area (Å²) in [6.45, 7) is 1.86. The second kappa shape index (κ2) is 9.40. The zero-order valence-electron chi connectivity index (χ0n) is 12.3. The van der Waals surface area contributed by atoms with Crippen molar-refractivity contribution in [3.8, 4) is 0 Å². The first-order valence-corrected chi connectivity index (χ1v) is 12.2. The minimum absolute atomic E-state index is 0.102. The van der Waals surface area contributed by atoms with E-state index in [4.69, 9.17) is 14.3 Å². The van der Waals surface area contributed by atoms with Crippen LogP contribution in [-0.4, -0.2) is 49.7 Å². The number of unbranched alkanes of at least 4 members (excludes halogenated alkanes) is 3. The van der Waals surface area contributed by atoms with Crippen molar-refractivity contribution >= 4 is 25.1 Å². The summed E-state index contributed by atoms with van der Waals surface area (Å²) in [7, 11) is -11.1. The first kappa shape index (κ1) is 21.2. The highest BCUT2D eigenvalue weighted by Crippen LogP contribution is 2.58. The van der Waals surface area contributed by atoms with Crippen molar-refractivity contribution in [1.82, 2.24) is 0 Å². The van der Waals surface area contributed by atoms with Crippen LogP contribution in [0.5, 0.6) is 0 Å². The molecule has 2 N–H and O–H groups in total. The van der Waals surface area contributed by atoms with Gasteiger partial charge in [0.1, 0.15) is 5.90 Å². The van der Waals surface area contributed by atoms with Crippen LogP contribution >= 0.6 is 15.0 Å². The maximum atomic E-state index is 12.2. The Balaban J connectivity index is 4.00. The highest BCUT2D eigenvalue weighted by Gasteiger charge is 2.31. The van der Waals surface area contributed by atoms with Crippen LogP contribution in [-0.2, 0) is 28.0 Å². The summed E-state index contributed by atoms with van der Waals surface area (Å²) in [6, 6.07) is 0.